The van der Waals surface area contributed by atoms with Crippen molar-refractivity contribution in [3.63, 3.8) is 0 Å². The monoisotopic (exact) mass is 259 g/mol. The molecule has 0 aliphatic carbocycles. The van der Waals surface area contributed by atoms with Crippen LogP contribution in [0.1, 0.15) is 22.8 Å². The summed E-state index contributed by atoms with van der Waals surface area (Å²) >= 11 is 0. The first-order valence-corrected chi connectivity index (χ1v) is 6.14. The summed E-state index contributed by atoms with van der Waals surface area (Å²) in [6, 6.07) is 7.18. The Morgan fingerprint density at radius 3 is 2.89 bits per heavy atom. The van der Waals surface area contributed by atoms with E-state index in [1.807, 2.05) is 23.9 Å². The number of rotatable bonds is 5. The third-order valence-corrected chi connectivity index (χ3v) is 2.90. The number of carboxylic acids is 1. The number of hydrogen-bond donors (Lipinski definition) is 2. The summed E-state index contributed by atoms with van der Waals surface area (Å²) in [4.78, 5) is 10.9. The summed E-state index contributed by atoms with van der Waals surface area (Å²) in [5.41, 5.74) is 2.18. The van der Waals surface area contributed by atoms with Gasteiger partial charge in [-0.3, -0.25) is 4.68 Å². The van der Waals surface area contributed by atoms with Gasteiger partial charge in [0.1, 0.15) is 0 Å². The summed E-state index contributed by atoms with van der Waals surface area (Å²) in [5.74, 6) is -0.903. The minimum Gasteiger partial charge on any atom is -0.478 e. The van der Waals surface area contributed by atoms with Gasteiger partial charge in [0.2, 0.25) is 0 Å². The van der Waals surface area contributed by atoms with Gasteiger partial charge in [0.15, 0.2) is 0 Å². The van der Waals surface area contributed by atoms with Crippen LogP contribution in [-0.2, 0) is 6.54 Å². The average Bonchev–Trinajstić information content (AvgIpc) is 2.84. The van der Waals surface area contributed by atoms with Crippen LogP contribution in [0.5, 0.6) is 0 Å². The minimum absolute atomic E-state index is 0.203. The molecule has 100 valence electrons. The Labute approximate surface area is 111 Å². The number of anilines is 1. The Morgan fingerprint density at radius 1 is 1.53 bits per heavy atom. The number of aromatic nitrogens is 2. The Morgan fingerprint density at radius 2 is 2.32 bits per heavy atom. The predicted molar refractivity (Wildman–Crippen MR) is 73.5 cm³/mol. The number of carboxylic acid groups (broad SMARTS) is 1. The first kappa shape index (κ1) is 13.1. The molecule has 1 aromatic heterocycles. The third kappa shape index (κ3) is 3.34. The average molecular weight is 259 g/mol. The molecule has 2 aromatic rings. The highest BCUT2D eigenvalue weighted by Crippen LogP contribution is 2.17. The normalized spacial score (nSPS) is 12.1. The first-order chi connectivity index (χ1) is 9.06. The molecule has 1 heterocycles. The van der Waals surface area contributed by atoms with Gasteiger partial charge >= 0.3 is 5.97 Å². The fourth-order valence-corrected chi connectivity index (χ4v) is 1.96. The molecule has 5 nitrogen and oxygen atoms in total. The zero-order chi connectivity index (χ0) is 13.8. The number of nitrogens with zero attached hydrogens (tertiary/aromatic N) is 2. The maximum absolute atomic E-state index is 10.9. The number of hydrogen-bond acceptors (Lipinski definition) is 3. The standard InChI is InChI=1S/C14H17N3O2/c1-10-8-12(14(18)19)4-5-13(10)16-11(2)9-17-7-3-6-15-17/h3-8,11,16H,9H2,1-2H3,(H,18,19). The highest BCUT2D eigenvalue weighted by Gasteiger charge is 2.08. The molecular weight excluding hydrogens is 242 g/mol. The lowest BCUT2D eigenvalue weighted by Crippen LogP contribution is -2.22. The van der Waals surface area contributed by atoms with Gasteiger partial charge < -0.3 is 10.4 Å². The lowest BCUT2D eigenvalue weighted by atomic mass is 10.1. The van der Waals surface area contributed by atoms with Crippen LogP contribution in [0.15, 0.2) is 36.7 Å². The van der Waals surface area contributed by atoms with Gasteiger partial charge in [-0.25, -0.2) is 4.79 Å². The van der Waals surface area contributed by atoms with Gasteiger partial charge in [-0.1, -0.05) is 0 Å². The molecule has 0 aliphatic rings. The summed E-state index contributed by atoms with van der Waals surface area (Å²) < 4.78 is 1.86. The summed E-state index contributed by atoms with van der Waals surface area (Å²) in [6.45, 7) is 4.72. The maximum Gasteiger partial charge on any atom is 0.335 e. The van der Waals surface area contributed by atoms with Gasteiger partial charge in [-0.2, -0.15) is 5.10 Å². The predicted octanol–water partition coefficient (Wildman–Crippen LogP) is 2.39. The van der Waals surface area contributed by atoms with Crippen LogP contribution in [0, 0.1) is 6.92 Å². The van der Waals surface area contributed by atoms with E-state index in [0.29, 0.717) is 5.56 Å². The van der Waals surface area contributed by atoms with Crippen molar-refractivity contribution < 1.29 is 9.90 Å². The lowest BCUT2D eigenvalue weighted by Gasteiger charge is -2.17. The van der Waals surface area contributed by atoms with E-state index >= 15 is 0 Å². The van der Waals surface area contributed by atoms with Gasteiger partial charge in [-0.15, -0.1) is 0 Å². The molecule has 0 spiro atoms. The van der Waals surface area contributed by atoms with E-state index in [1.165, 1.54) is 0 Å². The molecule has 19 heavy (non-hydrogen) atoms. The molecule has 0 amide bonds. The number of carbonyl (C=O) groups is 1. The summed E-state index contributed by atoms with van der Waals surface area (Å²) in [5, 5.41) is 16.4. The van der Waals surface area contributed by atoms with Crippen LogP contribution in [0.2, 0.25) is 0 Å². The first-order valence-electron chi connectivity index (χ1n) is 6.14. The summed E-state index contributed by atoms with van der Waals surface area (Å²) in [6.07, 6.45) is 3.66. The van der Waals surface area contributed by atoms with Crippen LogP contribution >= 0.6 is 0 Å². The van der Waals surface area contributed by atoms with E-state index in [9.17, 15) is 4.79 Å². The second-order valence-electron chi connectivity index (χ2n) is 4.61. The van der Waals surface area contributed by atoms with E-state index in [0.717, 1.165) is 17.8 Å². The fraction of sp³-hybridized carbons (Fsp3) is 0.286. The van der Waals surface area contributed by atoms with E-state index < -0.39 is 5.97 Å². The highest BCUT2D eigenvalue weighted by molar-refractivity contribution is 5.88. The second kappa shape index (κ2) is 5.56. The Hall–Kier alpha value is -2.30. The van der Waals surface area contributed by atoms with Crippen molar-refractivity contribution in [3.05, 3.63) is 47.8 Å². The molecule has 1 aromatic carbocycles. The minimum atomic E-state index is -0.903. The molecule has 0 saturated heterocycles. The van der Waals surface area contributed by atoms with Crippen molar-refractivity contribution in [2.24, 2.45) is 0 Å². The van der Waals surface area contributed by atoms with Crippen molar-refractivity contribution >= 4 is 11.7 Å². The molecule has 0 bridgehead atoms. The fourth-order valence-electron chi connectivity index (χ4n) is 1.96. The number of aromatic carboxylic acids is 1. The van der Waals surface area contributed by atoms with Crippen LogP contribution < -0.4 is 5.32 Å². The quantitative estimate of drug-likeness (QED) is 0.865. The van der Waals surface area contributed by atoms with E-state index in [4.69, 9.17) is 5.11 Å². The molecule has 2 N–H and O–H groups in total. The molecule has 2 rings (SSSR count). The van der Waals surface area contributed by atoms with Crippen LogP contribution in [0.3, 0.4) is 0 Å². The zero-order valence-corrected chi connectivity index (χ0v) is 11.0. The van der Waals surface area contributed by atoms with Crippen LogP contribution in [0.4, 0.5) is 5.69 Å². The van der Waals surface area contributed by atoms with Crippen LogP contribution in [0.25, 0.3) is 0 Å². The number of benzene rings is 1. The molecule has 0 radical (unpaired) electrons. The van der Waals surface area contributed by atoms with Crippen molar-refractivity contribution in [1.82, 2.24) is 9.78 Å². The molecule has 1 unspecified atom stereocenters. The topological polar surface area (TPSA) is 67.2 Å². The highest BCUT2D eigenvalue weighted by atomic mass is 16.4. The summed E-state index contributed by atoms with van der Waals surface area (Å²) in [7, 11) is 0. The lowest BCUT2D eigenvalue weighted by molar-refractivity contribution is 0.0697. The third-order valence-electron chi connectivity index (χ3n) is 2.90. The Bertz CT molecular complexity index is 564. The van der Waals surface area contributed by atoms with Crippen molar-refractivity contribution in [2.45, 2.75) is 26.4 Å². The Kier molecular flexibility index (Phi) is 3.85. The van der Waals surface area contributed by atoms with Crippen molar-refractivity contribution in [3.8, 4) is 0 Å². The number of aryl methyl sites for hydroxylation is 1. The Balaban J connectivity index is 2.04. The molecule has 1 atom stereocenters. The largest absolute Gasteiger partial charge is 0.478 e. The van der Waals surface area contributed by atoms with Gasteiger partial charge in [0.05, 0.1) is 12.1 Å². The van der Waals surface area contributed by atoms with Gasteiger partial charge in [0, 0.05) is 24.1 Å². The van der Waals surface area contributed by atoms with Crippen molar-refractivity contribution in [1.29, 1.82) is 0 Å². The molecular formula is C14H17N3O2. The zero-order valence-electron chi connectivity index (χ0n) is 11.0. The van der Waals surface area contributed by atoms with Gasteiger partial charge in [0.25, 0.3) is 0 Å². The van der Waals surface area contributed by atoms with E-state index in [-0.39, 0.29) is 6.04 Å². The van der Waals surface area contributed by atoms with E-state index in [2.05, 4.69) is 17.3 Å². The van der Waals surface area contributed by atoms with Crippen molar-refractivity contribution in [2.75, 3.05) is 5.32 Å². The number of nitrogens with one attached hydrogen (secondary N) is 1. The smallest absolute Gasteiger partial charge is 0.335 e. The second-order valence-corrected chi connectivity index (χ2v) is 4.61. The van der Waals surface area contributed by atoms with E-state index in [1.54, 1.807) is 24.4 Å². The molecule has 5 heteroatoms. The molecule has 0 aliphatic heterocycles. The maximum atomic E-state index is 10.9. The SMILES string of the molecule is Cc1cc(C(=O)O)ccc1NC(C)Cn1cccn1. The van der Waals surface area contributed by atoms with Gasteiger partial charge in [-0.05, 0) is 43.7 Å². The van der Waals surface area contributed by atoms with Crippen LogP contribution in [-0.4, -0.2) is 26.9 Å². The molecule has 0 saturated carbocycles. The molecule has 0 fully saturated rings.